The van der Waals surface area contributed by atoms with Crippen molar-refractivity contribution in [1.29, 1.82) is 5.26 Å². The van der Waals surface area contributed by atoms with Gasteiger partial charge in [0.05, 0.1) is 17.0 Å². The van der Waals surface area contributed by atoms with Crippen LogP contribution in [0.15, 0.2) is 47.9 Å². The second-order valence-electron chi connectivity index (χ2n) is 6.56. The molecule has 7 nitrogen and oxygen atoms in total. The molecule has 9 heteroatoms. The second-order valence-corrected chi connectivity index (χ2v) is 8.52. The summed E-state index contributed by atoms with van der Waals surface area (Å²) in [5.41, 5.74) is 1.19. The average molecular weight is 420 g/mol. The summed E-state index contributed by atoms with van der Waals surface area (Å²) in [6.07, 6.45) is 5.68. The molecule has 0 radical (unpaired) electrons. The Kier molecular flexibility index (Phi) is 6.34. The molecule has 2 heterocycles. The number of likely N-dealkylation sites (tertiary alicyclic amines) is 1. The molecule has 0 aliphatic carbocycles. The summed E-state index contributed by atoms with van der Waals surface area (Å²) in [5, 5.41) is 9.49. The zero-order chi connectivity index (χ0) is 20.1. The number of rotatable bonds is 6. The van der Waals surface area contributed by atoms with E-state index >= 15 is 0 Å². The van der Waals surface area contributed by atoms with Crippen molar-refractivity contribution in [2.75, 3.05) is 30.3 Å². The number of nitrogens with zero attached hydrogens (tertiary/aromatic N) is 3. The number of hydrogen-bond acceptors (Lipinski definition) is 6. The Morgan fingerprint density at radius 3 is 2.71 bits per heavy atom. The van der Waals surface area contributed by atoms with Crippen LogP contribution >= 0.6 is 12.2 Å². The van der Waals surface area contributed by atoms with Gasteiger partial charge in [-0.3, -0.25) is 4.55 Å². The highest BCUT2D eigenvalue weighted by molar-refractivity contribution is 7.85. The summed E-state index contributed by atoms with van der Waals surface area (Å²) < 4.78 is 36.9. The normalized spacial score (nSPS) is 18.1. The van der Waals surface area contributed by atoms with Crippen LogP contribution < -0.4 is 9.64 Å². The van der Waals surface area contributed by atoms with Gasteiger partial charge in [0.1, 0.15) is 11.1 Å². The Hall–Kier alpha value is -2.41. The van der Waals surface area contributed by atoms with E-state index in [1.165, 1.54) is 0 Å². The zero-order valence-electron chi connectivity index (χ0n) is 15.2. The molecule has 2 aliphatic rings. The summed E-state index contributed by atoms with van der Waals surface area (Å²) in [4.78, 5) is 4.38. The smallest absolute Gasteiger partial charge is 0.264 e. The fraction of sp³-hybridized carbons (Fsp3) is 0.368. The molecule has 1 aromatic carbocycles. The maximum absolute atomic E-state index is 11.0. The number of ether oxygens (including phenoxy) is 1. The van der Waals surface area contributed by atoms with Crippen LogP contribution in [0.4, 0.5) is 5.69 Å². The topological polar surface area (TPSA) is 93.9 Å². The quantitative estimate of drug-likeness (QED) is 0.326. The highest BCUT2D eigenvalue weighted by Crippen LogP contribution is 2.38. The molecule has 28 heavy (non-hydrogen) atoms. The molecule has 0 saturated carbocycles. The molecule has 3 rings (SSSR count). The lowest BCUT2D eigenvalue weighted by Crippen LogP contribution is -2.27. The fourth-order valence-electron chi connectivity index (χ4n) is 3.21. The number of benzene rings is 1. The van der Waals surface area contributed by atoms with E-state index in [4.69, 9.17) is 21.5 Å². The van der Waals surface area contributed by atoms with E-state index < -0.39 is 10.1 Å². The maximum atomic E-state index is 11.0. The zero-order valence-corrected chi connectivity index (χ0v) is 16.9. The SMILES string of the molecule is N#C/C(=C/C=C1\Oc2ccccc2N1CCCS(=O)(=O)O)C(=S)N1CCCC1. The Labute approximate surface area is 170 Å². The van der Waals surface area contributed by atoms with Gasteiger partial charge in [-0.05, 0) is 37.5 Å². The third-order valence-electron chi connectivity index (χ3n) is 4.56. The first kappa shape index (κ1) is 20.3. The standard InChI is InChI=1S/C19H21N3O4S2/c20-14-15(19(27)21-10-3-4-11-21)8-9-18-22(12-5-13-28(23,24)25)16-6-1-2-7-17(16)26-18/h1-2,6-9H,3-5,10-13H2,(H,23,24,25)/b15-8-,18-9-. The van der Waals surface area contributed by atoms with Crippen molar-refractivity contribution in [2.45, 2.75) is 19.3 Å². The fourth-order valence-corrected chi connectivity index (χ4v) is 4.00. The van der Waals surface area contributed by atoms with Gasteiger partial charge < -0.3 is 14.5 Å². The Balaban J connectivity index is 1.81. The molecule has 0 bridgehead atoms. The van der Waals surface area contributed by atoms with Gasteiger partial charge in [-0.2, -0.15) is 13.7 Å². The first-order chi connectivity index (χ1) is 13.4. The predicted molar refractivity (Wildman–Crippen MR) is 111 cm³/mol. The van der Waals surface area contributed by atoms with Gasteiger partial charge >= 0.3 is 0 Å². The van der Waals surface area contributed by atoms with Gasteiger partial charge in [0.2, 0.25) is 5.88 Å². The summed E-state index contributed by atoms with van der Waals surface area (Å²) >= 11 is 5.44. The lowest BCUT2D eigenvalue weighted by atomic mass is 10.2. The average Bonchev–Trinajstić information content (AvgIpc) is 3.30. The van der Waals surface area contributed by atoms with Crippen LogP contribution in [0, 0.1) is 11.3 Å². The molecule has 0 atom stereocenters. The van der Waals surface area contributed by atoms with Crippen LogP contribution in [0.2, 0.25) is 0 Å². The minimum atomic E-state index is -4.03. The van der Waals surface area contributed by atoms with E-state index in [1.54, 1.807) is 12.2 Å². The van der Waals surface area contributed by atoms with Gasteiger partial charge in [-0.1, -0.05) is 24.4 Å². The van der Waals surface area contributed by atoms with Crippen molar-refractivity contribution in [3.8, 4) is 11.8 Å². The van der Waals surface area contributed by atoms with Crippen molar-refractivity contribution in [2.24, 2.45) is 0 Å². The molecule has 0 aromatic heterocycles. The van der Waals surface area contributed by atoms with Crippen LogP contribution in [0.3, 0.4) is 0 Å². The minimum absolute atomic E-state index is 0.231. The third-order valence-corrected chi connectivity index (χ3v) is 5.84. The van der Waals surface area contributed by atoms with E-state index in [0.717, 1.165) is 31.6 Å². The number of thiocarbonyl (C=S) groups is 1. The number of hydrogen-bond donors (Lipinski definition) is 1. The minimum Gasteiger partial charge on any atom is -0.439 e. The molecule has 1 saturated heterocycles. The van der Waals surface area contributed by atoms with Crippen LogP contribution in [0.5, 0.6) is 5.75 Å². The molecule has 0 unspecified atom stereocenters. The molecule has 148 valence electrons. The molecular formula is C19H21N3O4S2. The van der Waals surface area contributed by atoms with E-state index in [1.807, 2.05) is 34.1 Å². The molecular weight excluding hydrogens is 398 g/mol. The largest absolute Gasteiger partial charge is 0.439 e. The van der Waals surface area contributed by atoms with Crippen molar-refractivity contribution in [1.82, 2.24) is 4.90 Å². The first-order valence-electron chi connectivity index (χ1n) is 9.00. The second kappa shape index (κ2) is 8.73. The first-order valence-corrected chi connectivity index (χ1v) is 11.0. The maximum Gasteiger partial charge on any atom is 0.264 e. The van der Waals surface area contributed by atoms with E-state index in [-0.39, 0.29) is 12.2 Å². The number of anilines is 1. The highest BCUT2D eigenvalue weighted by atomic mass is 32.2. The van der Waals surface area contributed by atoms with Crippen LogP contribution in [0.1, 0.15) is 19.3 Å². The Morgan fingerprint density at radius 2 is 2.04 bits per heavy atom. The van der Waals surface area contributed by atoms with Gasteiger partial charge in [0.15, 0.2) is 5.75 Å². The molecule has 1 N–H and O–H groups in total. The van der Waals surface area contributed by atoms with Crippen molar-refractivity contribution >= 4 is 33.0 Å². The Morgan fingerprint density at radius 1 is 1.32 bits per heavy atom. The Bertz CT molecular complexity index is 958. The van der Waals surface area contributed by atoms with Gasteiger partial charge in [0.25, 0.3) is 10.1 Å². The third kappa shape index (κ3) is 4.90. The van der Waals surface area contributed by atoms with Crippen molar-refractivity contribution in [3.05, 3.63) is 47.9 Å². The summed E-state index contributed by atoms with van der Waals surface area (Å²) in [7, 11) is -4.03. The number of allylic oxidation sites excluding steroid dienone is 2. The molecule has 1 aromatic rings. The molecule has 1 fully saturated rings. The number of nitriles is 1. The lowest BCUT2D eigenvalue weighted by Gasteiger charge is -2.18. The number of fused-ring (bicyclic) bond motifs is 1. The van der Waals surface area contributed by atoms with E-state index in [2.05, 4.69) is 6.07 Å². The molecule has 2 aliphatic heterocycles. The lowest BCUT2D eigenvalue weighted by molar-refractivity contribution is 0.437. The van der Waals surface area contributed by atoms with Gasteiger partial charge in [-0.15, -0.1) is 0 Å². The predicted octanol–water partition coefficient (Wildman–Crippen LogP) is 2.88. The molecule has 0 amide bonds. The van der Waals surface area contributed by atoms with Crippen LogP contribution in [-0.2, 0) is 10.1 Å². The van der Waals surface area contributed by atoms with Crippen molar-refractivity contribution < 1.29 is 17.7 Å². The van der Waals surface area contributed by atoms with Crippen LogP contribution in [-0.4, -0.2) is 48.2 Å². The van der Waals surface area contributed by atoms with E-state index in [9.17, 15) is 13.7 Å². The van der Waals surface area contributed by atoms with Gasteiger partial charge in [-0.25, -0.2) is 0 Å². The summed E-state index contributed by atoms with van der Waals surface area (Å²) in [6, 6.07) is 9.54. The van der Waals surface area contributed by atoms with Crippen molar-refractivity contribution in [3.63, 3.8) is 0 Å². The van der Waals surface area contributed by atoms with Gasteiger partial charge in [0, 0.05) is 25.7 Å². The number of para-hydroxylation sites is 2. The highest BCUT2D eigenvalue weighted by Gasteiger charge is 2.26. The van der Waals surface area contributed by atoms with E-state index in [0.29, 0.717) is 28.7 Å². The summed E-state index contributed by atoms with van der Waals surface area (Å²) in [5.74, 6) is 0.792. The monoisotopic (exact) mass is 419 g/mol. The summed E-state index contributed by atoms with van der Waals surface area (Å²) in [6.45, 7) is 2.06. The van der Waals surface area contributed by atoms with Crippen LogP contribution in [0.25, 0.3) is 0 Å². The molecule has 0 spiro atoms.